The zero-order valence-corrected chi connectivity index (χ0v) is 18.8. The van der Waals surface area contributed by atoms with Gasteiger partial charge in [-0.05, 0) is 52.7 Å². The minimum Gasteiger partial charge on any atom is -0.453 e. The van der Waals surface area contributed by atoms with Crippen molar-refractivity contribution in [3.63, 3.8) is 0 Å². The summed E-state index contributed by atoms with van der Waals surface area (Å²) in [6.07, 6.45) is 1.77. The number of hydrogen-bond donors (Lipinski definition) is 0. The van der Waals surface area contributed by atoms with E-state index in [1.54, 1.807) is 4.90 Å². The third-order valence-corrected chi connectivity index (χ3v) is 6.06. The number of carbonyl (C=O) groups is 1. The molecule has 9 heteroatoms. The summed E-state index contributed by atoms with van der Waals surface area (Å²) in [6, 6.07) is 6.85. The number of nitrogens with zero attached hydrogens (tertiary/aromatic N) is 3. The number of ether oxygens (including phenoxy) is 2. The Morgan fingerprint density at radius 1 is 1.43 bits per heavy atom. The molecule has 6 nitrogen and oxygen atoms in total. The Kier molecular flexibility index (Phi) is 5.99. The van der Waals surface area contributed by atoms with Crippen LogP contribution in [0, 0.1) is 12.7 Å². The van der Waals surface area contributed by atoms with Gasteiger partial charge in [-0.3, -0.25) is 0 Å². The topological polar surface area (TPSA) is 56.1 Å². The largest absolute Gasteiger partial charge is 0.453 e. The molecular formula is C21H20BrClFN3O3. The molecule has 2 aromatic heterocycles. The minimum atomic E-state index is -0.417. The summed E-state index contributed by atoms with van der Waals surface area (Å²) in [5.41, 5.74) is 3.74. The van der Waals surface area contributed by atoms with Crippen molar-refractivity contribution in [2.24, 2.45) is 0 Å². The molecule has 0 bridgehead atoms. The molecule has 0 spiro atoms. The average molecular weight is 497 g/mol. The first-order valence-electron chi connectivity index (χ1n) is 9.44. The number of benzene rings is 1. The molecule has 3 aromatic rings. The number of aromatic nitrogens is 2. The van der Waals surface area contributed by atoms with E-state index in [0.717, 1.165) is 16.9 Å². The maximum atomic E-state index is 14.3. The lowest BCUT2D eigenvalue weighted by molar-refractivity contribution is -0.0241. The maximum Gasteiger partial charge on any atom is 0.409 e. The number of fused-ring (bicyclic) bond motifs is 1. The number of morpholine rings is 1. The molecule has 1 aliphatic heterocycles. The molecule has 0 radical (unpaired) electrons. The fourth-order valence-electron chi connectivity index (χ4n) is 3.67. The zero-order valence-electron chi connectivity index (χ0n) is 16.5. The Morgan fingerprint density at radius 3 is 3.00 bits per heavy atom. The fraction of sp³-hybridized carbons (Fsp3) is 0.333. The SMILES string of the molecule is COC(=O)N1CCOC(Cc2c(-c3cc(F)c(Br)cc3Cl)nc3cc(C)ccn23)C1. The van der Waals surface area contributed by atoms with Gasteiger partial charge >= 0.3 is 6.09 Å². The Bertz CT molecular complexity index is 1120. The van der Waals surface area contributed by atoms with Gasteiger partial charge in [0.05, 0.1) is 47.2 Å². The quantitative estimate of drug-likeness (QED) is 0.485. The molecule has 0 saturated carbocycles. The number of hydrogen-bond acceptors (Lipinski definition) is 4. The van der Waals surface area contributed by atoms with Crippen molar-refractivity contribution in [1.29, 1.82) is 0 Å². The molecule has 1 fully saturated rings. The molecule has 1 saturated heterocycles. The molecule has 4 rings (SSSR count). The molecule has 1 aromatic carbocycles. The average Bonchev–Trinajstić information content (AvgIpc) is 3.07. The molecule has 1 atom stereocenters. The Morgan fingerprint density at radius 2 is 2.23 bits per heavy atom. The molecule has 1 aliphatic rings. The predicted molar refractivity (Wildman–Crippen MR) is 115 cm³/mol. The summed E-state index contributed by atoms with van der Waals surface area (Å²) in [6.45, 7) is 3.27. The molecular weight excluding hydrogens is 477 g/mol. The smallest absolute Gasteiger partial charge is 0.409 e. The highest BCUT2D eigenvalue weighted by molar-refractivity contribution is 9.10. The summed E-state index contributed by atoms with van der Waals surface area (Å²) in [4.78, 5) is 18.3. The van der Waals surface area contributed by atoms with Gasteiger partial charge in [0.2, 0.25) is 0 Å². The summed E-state index contributed by atoms with van der Waals surface area (Å²) in [5, 5.41) is 0.394. The van der Waals surface area contributed by atoms with E-state index >= 15 is 0 Å². The Balaban J connectivity index is 1.78. The van der Waals surface area contributed by atoms with Crippen molar-refractivity contribution >= 4 is 39.3 Å². The van der Waals surface area contributed by atoms with Crippen LogP contribution in [0.15, 0.2) is 34.9 Å². The summed E-state index contributed by atoms with van der Waals surface area (Å²) in [7, 11) is 1.36. The predicted octanol–water partition coefficient (Wildman–Crippen LogP) is 4.87. The minimum absolute atomic E-state index is 0.253. The third kappa shape index (κ3) is 4.04. The highest BCUT2D eigenvalue weighted by atomic mass is 79.9. The lowest BCUT2D eigenvalue weighted by Gasteiger charge is -2.32. The third-order valence-electron chi connectivity index (χ3n) is 5.14. The van der Waals surface area contributed by atoms with Gasteiger partial charge in [-0.1, -0.05) is 11.6 Å². The second kappa shape index (κ2) is 8.53. The van der Waals surface area contributed by atoms with E-state index < -0.39 is 5.82 Å². The molecule has 1 amide bonds. The van der Waals surface area contributed by atoms with E-state index in [2.05, 4.69) is 15.9 Å². The number of halogens is 3. The van der Waals surface area contributed by atoms with E-state index in [0.29, 0.717) is 46.9 Å². The van der Waals surface area contributed by atoms with Crippen molar-refractivity contribution < 1.29 is 18.7 Å². The van der Waals surface area contributed by atoms with Gasteiger partial charge in [0.25, 0.3) is 0 Å². The van der Waals surface area contributed by atoms with Crippen LogP contribution < -0.4 is 0 Å². The summed E-state index contributed by atoms with van der Waals surface area (Å²) >= 11 is 9.61. The second-order valence-electron chi connectivity index (χ2n) is 7.20. The molecule has 30 heavy (non-hydrogen) atoms. The molecule has 0 N–H and O–H groups in total. The van der Waals surface area contributed by atoms with Gasteiger partial charge in [-0.15, -0.1) is 0 Å². The van der Waals surface area contributed by atoms with Crippen molar-refractivity contribution in [3.8, 4) is 11.3 Å². The van der Waals surface area contributed by atoms with E-state index in [4.69, 9.17) is 26.1 Å². The van der Waals surface area contributed by atoms with Crippen LogP contribution in [-0.2, 0) is 15.9 Å². The highest BCUT2D eigenvalue weighted by Gasteiger charge is 2.28. The van der Waals surface area contributed by atoms with Crippen LogP contribution in [0.1, 0.15) is 11.3 Å². The number of rotatable bonds is 3. The summed E-state index contributed by atoms with van der Waals surface area (Å²) in [5.74, 6) is -0.417. The van der Waals surface area contributed by atoms with Crippen molar-refractivity contribution in [3.05, 3.63) is 57.0 Å². The number of aryl methyl sites for hydroxylation is 1. The van der Waals surface area contributed by atoms with Crippen LogP contribution in [0.3, 0.4) is 0 Å². The number of methoxy groups -OCH3 is 1. The van der Waals surface area contributed by atoms with Crippen LogP contribution in [0.2, 0.25) is 5.02 Å². The zero-order chi connectivity index (χ0) is 21.4. The van der Waals surface area contributed by atoms with Crippen LogP contribution >= 0.6 is 27.5 Å². The van der Waals surface area contributed by atoms with Crippen molar-refractivity contribution in [2.75, 3.05) is 26.8 Å². The number of pyridine rings is 1. The van der Waals surface area contributed by atoms with E-state index in [1.807, 2.05) is 29.7 Å². The molecule has 3 heterocycles. The maximum absolute atomic E-state index is 14.3. The number of carbonyl (C=O) groups excluding carboxylic acids is 1. The monoisotopic (exact) mass is 495 g/mol. The van der Waals surface area contributed by atoms with Crippen molar-refractivity contribution in [2.45, 2.75) is 19.4 Å². The molecule has 1 unspecified atom stereocenters. The van der Waals surface area contributed by atoms with Gasteiger partial charge in [0.1, 0.15) is 11.5 Å². The highest BCUT2D eigenvalue weighted by Crippen LogP contribution is 2.35. The van der Waals surface area contributed by atoms with E-state index in [1.165, 1.54) is 19.2 Å². The van der Waals surface area contributed by atoms with Crippen LogP contribution in [-0.4, -0.2) is 53.3 Å². The van der Waals surface area contributed by atoms with Gasteiger partial charge in [-0.25, -0.2) is 14.2 Å². The lowest BCUT2D eigenvalue weighted by atomic mass is 10.0. The second-order valence-corrected chi connectivity index (χ2v) is 8.46. The molecule has 0 aliphatic carbocycles. The first kappa shape index (κ1) is 21.1. The van der Waals surface area contributed by atoms with E-state index in [9.17, 15) is 9.18 Å². The van der Waals surface area contributed by atoms with Gasteiger partial charge in [-0.2, -0.15) is 0 Å². The van der Waals surface area contributed by atoms with Gasteiger partial charge in [0, 0.05) is 24.7 Å². The first-order chi connectivity index (χ1) is 14.4. The first-order valence-corrected chi connectivity index (χ1v) is 10.6. The fourth-order valence-corrected chi connectivity index (χ4v) is 4.39. The molecule has 158 valence electrons. The van der Waals surface area contributed by atoms with Crippen LogP contribution in [0.4, 0.5) is 9.18 Å². The Hall–Kier alpha value is -2.16. The van der Waals surface area contributed by atoms with Crippen LogP contribution in [0.5, 0.6) is 0 Å². The lowest BCUT2D eigenvalue weighted by Crippen LogP contribution is -2.46. The normalized spacial score (nSPS) is 16.8. The summed E-state index contributed by atoms with van der Waals surface area (Å²) < 4.78 is 27.3. The van der Waals surface area contributed by atoms with Crippen molar-refractivity contribution in [1.82, 2.24) is 14.3 Å². The van der Waals surface area contributed by atoms with E-state index in [-0.39, 0.29) is 12.2 Å². The van der Waals surface area contributed by atoms with Gasteiger partial charge < -0.3 is 18.8 Å². The van der Waals surface area contributed by atoms with Crippen LogP contribution in [0.25, 0.3) is 16.9 Å². The Labute approximate surface area is 186 Å². The number of imidazole rings is 1. The van der Waals surface area contributed by atoms with Gasteiger partial charge in [0.15, 0.2) is 0 Å². The number of amides is 1. The standard InChI is InChI=1S/C21H20BrClFN3O3/c1-12-3-4-27-18(8-13-11-26(5-6-30-13)21(28)29-2)20(25-19(27)7-12)14-9-17(24)15(22)10-16(14)23/h3-4,7,9-10,13H,5-6,8,11H2,1-2H3.